The number of anilines is 1. The molecule has 0 bridgehead atoms. The van der Waals surface area contributed by atoms with Crippen molar-refractivity contribution >= 4 is 29.1 Å². The molecule has 0 unspecified atom stereocenters. The molecule has 5 nitrogen and oxygen atoms in total. The monoisotopic (exact) mass is 359 g/mol. The van der Waals surface area contributed by atoms with Crippen LogP contribution in [0.15, 0.2) is 24.3 Å². The van der Waals surface area contributed by atoms with Crippen LogP contribution in [-0.2, 0) is 14.4 Å². The van der Waals surface area contributed by atoms with Gasteiger partial charge in [-0.2, -0.15) is 0 Å². The van der Waals surface area contributed by atoms with E-state index in [2.05, 4.69) is 15.9 Å². The highest BCUT2D eigenvalue weighted by Gasteiger charge is 2.72. The number of ether oxygens (including phenoxy) is 1. The average molecular weight is 360 g/mol. The predicted molar refractivity (Wildman–Crippen MR) is 96.0 cm³/mol. The van der Waals surface area contributed by atoms with Crippen LogP contribution in [0.25, 0.3) is 0 Å². The van der Waals surface area contributed by atoms with Crippen molar-refractivity contribution in [2.45, 2.75) is 61.1 Å². The summed E-state index contributed by atoms with van der Waals surface area (Å²) in [6, 6.07) is 7.70. The molecule has 1 N–H and O–H groups in total. The second-order valence-corrected chi connectivity index (χ2v) is 8.39. The van der Waals surface area contributed by atoms with E-state index >= 15 is 0 Å². The number of halogens is 1. The van der Waals surface area contributed by atoms with E-state index in [1.165, 1.54) is 13.5 Å². The van der Waals surface area contributed by atoms with Gasteiger partial charge < -0.3 is 9.64 Å². The number of para-hydroxylation sites is 1. The summed E-state index contributed by atoms with van der Waals surface area (Å²) in [6.45, 7) is 0. The van der Waals surface area contributed by atoms with E-state index in [1.54, 1.807) is 0 Å². The zero-order valence-electron chi connectivity index (χ0n) is 14.3. The summed E-state index contributed by atoms with van der Waals surface area (Å²) in [5.41, 5.74) is 1.68. The molecule has 1 aromatic carbocycles. The average Bonchev–Trinajstić information content (AvgIpc) is 3.18. The van der Waals surface area contributed by atoms with Crippen LogP contribution in [0.1, 0.15) is 44.1 Å². The number of methoxy groups -OCH3 is 1. The van der Waals surface area contributed by atoms with Crippen molar-refractivity contribution in [2.24, 2.45) is 0 Å². The lowest BCUT2D eigenvalue weighted by Crippen LogP contribution is -2.56. The molecule has 0 radical (unpaired) electrons. The molecule has 4 aliphatic rings. The summed E-state index contributed by atoms with van der Waals surface area (Å²) in [5, 5.41) is 9.05. The largest absolute Gasteiger partial charge is 0.468 e. The molecule has 1 aromatic rings. The zero-order chi connectivity index (χ0) is 17.4. The molecule has 0 amide bonds. The maximum Gasteiger partial charge on any atom is 0.323 e. The summed E-state index contributed by atoms with van der Waals surface area (Å²) >= 11 is 7.20. The fraction of sp³-hybridized carbons (Fsp3) is 0.579. The number of nitrogens with one attached hydrogen (secondary N) is 1. The molecule has 3 fully saturated rings. The Balaban J connectivity index is 1.73. The van der Waals surface area contributed by atoms with Crippen LogP contribution in [0, 0.1) is 5.41 Å². The van der Waals surface area contributed by atoms with Crippen LogP contribution in [-0.4, -0.2) is 41.6 Å². The summed E-state index contributed by atoms with van der Waals surface area (Å²) in [5.74, 6) is 0.382. The summed E-state index contributed by atoms with van der Waals surface area (Å²) < 4.78 is 5.12. The van der Waals surface area contributed by atoms with Crippen LogP contribution >= 0.6 is 11.6 Å². The topological polar surface area (TPSA) is 56.6 Å². The van der Waals surface area contributed by atoms with Gasteiger partial charge >= 0.3 is 5.97 Å². The van der Waals surface area contributed by atoms with Crippen molar-refractivity contribution in [3.8, 4) is 0 Å². The van der Waals surface area contributed by atoms with Gasteiger partial charge in [-0.3, -0.25) is 15.1 Å². The molecule has 1 saturated carbocycles. The van der Waals surface area contributed by atoms with E-state index in [4.69, 9.17) is 21.7 Å². The lowest BCUT2D eigenvalue weighted by Gasteiger charge is -2.42. The Morgan fingerprint density at radius 2 is 2.00 bits per heavy atom. The number of benzene rings is 1. The van der Waals surface area contributed by atoms with E-state index in [0.29, 0.717) is 12.3 Å². The second kappa shape index (κ2) is 4.98. The minimum Gasteiger partial charge on any atom is -0.468 e. The summed E-state index contributed by atoms with van der Waals surface area (Å²) in [6.07, 6.45) is 5.58. The number of rotatable bonds is 1. The number of hydrogen-bond acceptors (Lipinski definition) is 4. The van der Waals surface area contributed by atoms with Crippen LogP contribution < -0.4 is 4.90 Å². The number of carbonyl (C=O) groups excluding carboxylic acids is 1. The SMILES string of the molecule is COC(=O)[C@@H]1C[C@@]2(Cl)c3ccccc3N3C(=N)C4(CCCCC4)N1[C@H]32. The van der Waals surface area contributed by atoms with Gasteiger partial charge in [-0.05, 0) is 18.9 Å². The molecular weight excluding hydrogens is 338 g/mol. The summed E-state index contributed by atoms with van der Waals surface area (Å²) in [4.78, 5) is 16.3. The fourth-order valence-corrected chi connectivity index (χ4v) is 6.22. The van der Waals surface area contributed by atoms with E-state index in [0.717, 1.165) is 36.9 Å². The van der Waals surface area contributed by atoms with Gasteiger partial charge in [0.2, 0.25) is 0 Å². The van der Waals surface area contributed by atoms with Crippen molar-refractivity contribution in [1.29, 1.82) is 5.41 Å². The number of nitrogens with zero attached hydrogens (tertiary/aromatic N) is 2. The number of hydrogen-bond donors (Lipinski definition) is 1. The third-order valence-corrected chi connectivity index (χ3v) is 7.24. The molecule has 2 saturated heterocycles. The van der Waals surface area contributed by atoms with Gasteiger partial charge in [-0.25, -0.2) is 0 Å². The van der Waals surface area contributed by atoms with Crippen molar-refractivity contribution in [3.05, 3.63) is 29.8 Å². The van der Waals surface area contributed by atoms with Crippen molar-refractivity contribution in [3.63, 3.8) is 0 Å². The normalized spacial score (nSPS) is 35.1. The number of fused-ring (bicyclic) bond motifs is 4. The Hall–Kier alpha value is -1.59. The minimum absolute atomic E-state index is 0.165. The standard InChI is InChI=1S/C19H22ClN3O2/c1-25-15(24)14-11-19(20)12-7-3-4-8-13(12)22-16(21)18(23(14)17(19)22)9-5-2-6-10-18/h3-4,7-8,14,17,21H,2,5-6,9-11H2,1H3/t14-,17-,19+/m0/s1. The van der Waals surface area contributed by atoms with Crippen LogP contribution in [0.3, 0.4) is 0 Å². The number of amidine groups is 1. The van der Waals surface area contributed by atoms with Gasteiger partial charge in [0.25, 0.3) is 0 Å². The molecule has 5 rings (SSSR count). The molecule has 3 heterocycles. The highest BCUT2D eigenvalue weighted by atomic mass is 35.5. The first-order valence-corrected chi connectivity index (χ1v) is 9.45. The smallest absolute Gasteiger partial charge is 0.323 e. The molecule has 1 spiro atoms. The lowest BCUT2D eigenvalue weighted by molar-refractivity contribution is -0.148. The van der Waals surface area contributed by atoms with E-state index in [-0.39, 0.29) is 23.7 Å². The van der Waals surface area contributed by atoms with Gasteiger partial charge in [0.15, 0.2) is 0 Å². The van der Waals surface area contributed by atoms with E-state index < -0.39 is 4.87 Å². The lowest BCUT2D eigenvalue weighted by atomic mass is 9.79. The quantitative estimate of drug-likeness (QED) is 0.618. The van der Waals surface area contributed by atoms with Crippen molar-refractivity contribution in [2.75, 3.05) is 12.0 Å². The maximum absolute atomic E-state index is 12.6. The molecule has 3 atom stereocenters. The Labute approximate surface area is 152 Å². The Morgan fingerprint density at radius 3 is 2.72 bits per heavy atom. The Bertz CT molecular complexity index is 776. The van der Waals surface area contributed by atoms with Crippen LogP contribution in [0.2, 0.25) is 0 Å². The van der Waals surface area contributed by atoms with Crippen molar-refractivity contribution in [1.82, 2.24) is 4.90 Å². The molecule has 0 aromatic heterocycles. The Kier molecular flexibility index (Phi) is 3.12. The number of esters is 1. The third-order valence-electron chi connectivity index (χ3n) is 6.68. The maximum atomic E-state index is 12.6. The molecule has 25 heavy (non-hydrogen) atoms. The molecule has 1 aliphatic carbocycles. The van der Waals surface area contributed by atoms with E-state index in [9.17, 15) is 4.79 Å². The molecule has 3 aliphatic heterocycles. The van der Waals surface area contributed by atoms with Gasteiger partial charge in [-0.15, -0.1) is 11.6 Å². The number of alkyl halides is 1. The first-order valence-electron chi connectivity index (χ1n) is 9.07. The van der Waals surface area contributed by atoms with Gasteiger partial charge in [-0.1, -0.05) is 37.5 Å². The second-order valence-electron chi connectivity index (χ2n) is 7.71. The van der Waals surface area contributed by atoms with Gasteiger partial charge in [0, 0.05) is 17.7 Å². The highest BCUT2D eigenvalue weighted by molar-refractivity contribution is 6.28. The van der Waals surface area contributed by atoms with Crippen LogP contribution in [0.5, 0.6) is 0 Å². The fourth-order valence-electron chi connectivity index (χ4n) is 5.71. The van der Waals surface area contributed by atoms with Gasteiger partial charge in [0.05, 0.1) is 12.6 Å². The first kappa shape index (κ1) is 15.6. The molecule has 6 heteroatoms. The predicted octanol–water partition coefficient (Wildman–Crippen LogP) is 3.21. The third kappa shape index (κ3) is 1.69. The molecule has 132 valence electrons. The van der Waals surface area contributed by atoms with Crippen LogP contribution in [0.4, 0.5) is 5.69 Å². The first-order chi connectivity index (χ1) is 12.0. The highest BCUT2D eigenvalue weighted by Crippen LogP contribution is 2.63. The van der Waals surface area contributed by atoms with E-state index in [1.807, 2.05) is 18.2 Å². The molecular formula is C19H22ClN3O2. The van der Waals surface area contributed by atoms with Gasteiger partial charge in [0.1, 0.15) is 22.9 Å². The Morgan fingerprint density at radius 1 is 1.28 bits per heavy atom. The number of carbonyl (C=O) groups is 1. The minimum atomic E-state index is -0.664. The zero-order valence-corrected chi connectivity index (χ0v) is 15.1. The van der Waals surface area contributed by atoms with Crippen molar-refractivity contribution < 1.29 is 9.53 Å². The summed E-state index contributed by atoms with van der Waals surface area (Å²) in [7, 11) is 1.44.